The smallest absolute Gasteiger partial charge is 0.409 e. The molecule has 0 atom stereocenters. The SMILES string of the molecule is COC(=O)N1CCc2c(cncc2C(=O)Nc2nc3ccccc3o2)C1. The molecule has 3 heterocycles. The lowest BCUT2D eigenvalue weighted by molar-refractivity contribution is 0.102. The van der Waals surface area contributed by atoms with E-state index in [1.165, 1.54) is 13.3 Å². The molecule has 0 saturated heterocycles. The molecule has 26 heavy (non-hydrogen) atoms. The molecule has 1 N–H and O–H groups in total. The topological polar surface area (TPSA) is 97.6 Å². The largest absolute Gasteiger partial charge is 0.453 e. The van der Waals surface area contributed by atoms with Crippen LogP contribution in [-0.4, -0.2) is 40.5 Å². The highest BCUT2D eigenvalue weighted by atomic mass is 16.5. The molecule has 132 valence electrons. The number of ether oxygens (including phenoxy) is 1. The van der Waals surface area contributed by atoms with Crippen LogP contribution in [0.4, 0.5) is 10.8 Å². The van der Waals surface area contributed by atoms with E-state index in [2.05, 4.69) is 15.3 Å². The first kappa shape index (κ1) is 16.1. The van der Waals surface area contributed by atoms with Crippen LogP contribution < -0.4 is 5.32 Å². The summed E-state index contributed by atoms with van der Waals surface area (Å²) >= 11 is 0. The highest BCUT2D eigenvalue weighted by molar-refractivity contribution is 6.04. The first-order valence-electron chi connectivity index (χ1n) is 8.11. The fourth-order valence-electron chi connectivity index (χ4n) is 3.06. The third kappa shape index (κ3) is 2.85. The summed E-state index contributed by atoms with van der Waals surface area (Å²) in [5.74, 6) is -0.340. The second-order valence-corrected chi connectivity index (χ2v) is 5.91. The van der Waals surface area contributed by atoms with Crippen molar-refractivity contribution in [2.24, 2.45) is 0 Å². The van der Waals surface area contributed by atoms with Gasteiger partial charge < -0.3 is 14.1 Å². The van der Waals surface area contributed by atoms with E-state index in [9.17, 15) is 9.59 Å². The van der Waals surface area contributed by atoms with Gasteiger partial charge >= 0.3 is 12.1 Å². The average Bonchev–Trinajstić information content (AvgIpc) is 3.08. The Morgan fingerprint density at radius 1 is 1.27 bits per heavy atom. The van der Waals surface area contributed by atoms with Crippen molar-refractivity contribution in [1.29, 1.82) is 0 Å². The third-order valence-corrected chi connectivity index (χ3v) is 4.33. The number of aromatic nitrogens is 2. The molecule has 3 aromatic rings. The van der Waals surface area contributed by atoms with Gasteiger partial charge in [0.2, 0.25) is 0 Å². The number of nitrogens with one attached hydrogen (secondary N) is 1. The van der Waals surface area contributed by atoms with Crippen molar-refractivity contribution in [3.63, 3.8) is 0 Å². The van der Waals surface area contributed by atoms with Crippen molar-refractivity contribution < 1.29 is 18.7 Å². The molecular weight excluding hydrogens is 336 g/mol. The maximum atomic E-state index is 12.7. The van der Waals surface area contributed by atoms with Crippen molar-refractivity contribution in [2.75, 3.05) is 19.0 Å². The van der Waals surface area contributed by atoms with E-state index in [4.69, 9.17) is 9.15 Å². The third-order valence-electron chi connectivity index (χ3n) is 4.33. The van der Waals surface area contributed by atoms with E-state index in [0.29, 0.717) is 36.2 Å². The van der Waals surface area contributed by atoms with Gasteiger partial charge in [0, 0.05) is 18.9 Å². The summed E-state index contributed by atoms with van der Waals surface area (Å²) in [6.07, 6.45) is 3.34. The van der Waals surface area contributed by atoms with E-state index in [0.717, 1.165) is 11.1 Å². The number of nitrogens with zero attached hydrogens (tertiary/aromatic N) is 3. The molecule has 4 rings (SSSR count). The Bertz CT molecular complexity index is 965. The number of hydrogen-bond donors (Lipinski definition) is 1. The molecule has 1 aliphatic heterocycles. The van der Waals surface area contributed by atoms with Gasteiger partial charge in [-0.3, -0.25) is 15.1 Å². The quantitative estimate of drug-likeness (QED) is 0.761. The van der Waals surface area contributed by atoms with E-state index in [1.54, 1.807) is 17.2 Å². The van der Waals surface area contributed by atoms with Gasteiger partial charge in [0.05, 0.1) is 19.2 Å². The van der Waals surface area contributed by atoms with Crippen LogP contribution in [0.25, 0.3) is 11.1 Å². The number of benzene rings is 1. The standard InChI is InChI=1S/C18H16N4O4/c1-25-18(24)22-7-6-12-11(10-22)8-19-9-13(12)16(23)21-17-20-14-4-2-3-5-15(14)26-17/h2-5,8-9H,6-7,10H2,1H3,(H,20,21,23). The number of anilines is 1. The van der Waals surface area contributed by atoms with E-state index in [1.807, 2.05) is 18.2 Å². The Labute approximate surface area is 148 Å². The summed E-state index contributed by atoms with van der Waals surface area (Å²) < 4.78 is 10.3. The molecule has 2 amide bonds. The second kappa shape index (κ2) is 6.47. The Hall–Kier alpha value is -3.42. The van der Waals surface area contributed by atoms with E-state index >= 15 is 0 Å². The highest BCUT2D eigenvalue weighted by Gasteiger charge is 2.25. The maximum Gasteiger partial charge on any atom is 0.409 e. The van der Waals surface area contributed by atoms with Gasteiger partial charge in [-0.2, -0.15) is 4.98 Å². The van der Waals surface area contributed by atoms with Gasteiger partial charge in [0.15, 0.2) is 5.58 Å². The van der Waals surface area contributed by atoms with Crippen molar-refractivity contribution >= 4 is 29.1 Å². The van der Waals surface area contributed by atoms with Crippen LogP contribution >= 0.6 is 0 Å². The minimum absolute atomic E-state index is 0.140. The number of methoxy groups -OCH3 is 1. The molecule has 1 aliphatic rings. The zero-order chi connectivity index (χ0) is 18.1. The lowest BCUT2D eigenvalue weighted by Crippen LogP contribution is -2.36. The summed E-state index contributed by atoms with van der Waals surface area (Å²) in [7, 11) is 1.35. The van der Waals surface area contributed by atoms with Crippen LogP contribution in [0.15, 0.2) is 41.1 Å². The maximum absolute atomic E-state index is 12.7. The summed E-state index contributed by atoms with van der Waals surface area (Å²) in [5.41, 5.74) is 3.42. The van der Waals surface area contributed by atoms with Gasteiger partial charge in [-0.25, -0.2) is 4.79 Å². The molecule has 0 radical (unpaired) electrons. The van der Waals surface area contributed by atoms with Crippen LogP contribution in [-0.2, 0) is 17.7 Å². The summed E-state index contributed by atoms with van der Waals surface area (Å²) in [5, 5.41) is 2.68. The Morgan fingerprint density at radius 2 is 2.12 bits per heavy atom. The zero-order valence-corrected chi connectivity index (χ0v) is 14.1. The number of oxazole rings is 1. The molecule has 0 saturated carbocycles. The first-order valence-corrected chi connectivity index (χ1v) is 8.11. The number of carbonyl (C=O) groups excluding carboxylic acids is 2. The van der Waals surface area contributed by atoms with Crippen LogP contribution in [0.3, 0.4) is 0 Å². The number of carbonyl (C=O) groups is 2. The van der Waals surface area contributed by atoms with Gasteiger partial charge in [0.25, 0.3) is 5.91 Å². The van der Waals surface area contributed by atoms with Crippen molar-refractivity contribution in [1.82, 2.24) is 14.9 Å². The second-order valence-electron chi connectivity index (χ2n) is 5.91. The Kier molecular flexibility index (Phi) is 4.00. The first-order chi connectivity index (χ1) is 12.7. The molecule has 0 bridgehead atoms. The van der Waals surface area contributed by atoms with Crippen molar-refractivity contribution in [3.8, 4) is 0 Å². The number of rotatable bonds is 2. The Morgan fingerprint density at radius 3 is 2.92 bits per heavy atom. The average molecular weight is 352 g/mol. The van der Waals surface area contributed by atoms with E-state index in [-0.39, 0.29) is 11.9 Å². The molecule has 0 spiro atoms. The fraction of sp³-hybridized carbons (Fsp3) is 0.222. The van der Waals surface area contributed by atoms with Crippen LogP contribution in [0.2, 0.25) is 0 Å². The van der Waals surface area contributed by atoms with Crippen LogP contribution in [0.1, 0.15) is 21.5 Å². The van der Waals surface area contributed by atoms with Gasteiger partial charge in [-0.1, -0.05) is 12.1 Å². The van der Waals surface area contributed by atoms with Crippen molar-refractivity contribution in [3.05, 3.63) is 53.3 Å². The number of fused-ring (bicyclic) bond motifs is 2. The monoisotopic (exact) mass is 352 g/mol. The predicted molar refractivity (Wildman–Crippen MR) is 92.7 cm³/mol. The molecule has 1 aromatic carbocycles. The summed E-state index contributed by atoms with van der Waals surface area (Å²) in [4.78, 5) is 34.3. The van der Waals surface area contributed by atoms with Gasteiger partial charge in [-0.15, -0.1) is 0 Å². The number of para-hydroxylation sites is 2. The van der Waals surface area contributed by atoms with E-state index < -0.39 is 6.09 Å². The minimum atomic E-state index is -0.392. The molecule has 8 heteroatoms. The van der Waals surface area contributed by atoms with Crippen molar-refractivity contribution in [2.45, 2.75) is 13.0 Å². The molecule has 2 aromatic heterocycles. The predicted octanol–water partition coefficient (Wildman–Crippen LogP) is 2.60. The zero-order valence-electron chi connectivity index (χ0n) is 14.1. The summed E-state index contributed by atoms with van der Waals surface area (Å²) in [6, 6.07) is 7.42. The highest BCUT2D eigenvalue weighted by Crippen LogP contribution is 2.24. The summed E-state index contributed by atoms with van der Waals surface area (Å²) in [6.45, 7) is 0.839. The number of amides is 2. The van der Waals surface area contributed by atoms with Gasteiger partial charge in [-0.05, 0) is 29.7 Å². The molecule has 0 aliphatic carbocycles. The molecule has 8 nitrogen and oxygen atoms in total. The van der Waals surface area contributed by atoms with Crippen LogP contribution in [0, 0.1) is 0 Å². The molecular formula is C18H16N4O4. The van der Waals surface area contributed by atoms with Crippen LogP contribution in [0.5, 0.6) is 0 Å². The Balaban J connectivity index is 1.58. The lowest BCUT2D eigenvalue weighted by Gasteiger charge is -2.28. The number of hydrogen-bond acceptors (Lipinski definition) is 6. The normalized spacial score (nSPS) is 13.3. The lowest BCUT2D eigenvalue weighted by atomic mass is 9.97. The number of pyridine rings is 1. The van der Waals surface area contributed by atoms with Gasteiger partial charge in [0.1, 0.15) is 5.52 Å². The minimum Gasteiger partial charge on any atom is -0.453 e. The fourth-order valence-corrected chi connectivity index (χ4v) is 3.06. The molecule has 0 unspecified atom stereocenters. The molecule has 0 fully saturated rings.